The summed E-state index contributed by atoms with van der Waals surface area (Å²) in [4.78, 5) is 6.17. The molecule has 2 aromatic rings. The van der Waals surface area contributed by atoms with Gasteiger partial charge in [-0.15, -0.1) is 10.2 Å². The summed E-state index contributed by atoms with van der Waals surface area (Å²) >= 11 is 0. The van der Waals surface area contributed by atoms with Crippen molar-refractivity contribution in [2.75, 3.05) is 6.54 Å². The number of piperidine rings is 1. The van der Waals surface area contributed by atoms with E-state index in [1.165, 1.54) is 0 Å². The fourth-order valence-electron chi connectivity index (χ4n) is 2.68. The van der Waals surface area contributed by atoms with Crippen LogP contribution in [0.15, 0.2) is 8.94 Å². The molecule has 0 spiro atoms. The first-order valence-electron chi connectivity index (χ1n) is 7.33. The fraction of sp³-hybridized carbons (Fsp3) is 0.692. The lowest BCUT2D eigenvalue weighted by Crippen LogP contribution is -2.33. The molecule has 7 nitrogen and oxygen atoms in total. The molecule has 1 unspecified atom stereocenters. The minimum absolute atomic E-state index is 0.209. The maximum absolute atomic E-state index is 12.4. The van der Waals surface area contributed by atoms with Gasteiger partial charge in [0.1, 0.15) is 6.42 Å². The highest BCUT2D eigenvalue weighted by Crippen LogP contribution is 2.32. The molecule has 1 atom stereocenters. The number of hydrogen-bond acceptors (Lipinski definition) is 7. The minimum atomic E-state index is -4.36. The average Bonchev–Trinajstić information content (AvgIpc) is 3.07. The predicted octanol–water partition coefficient (Wildman–Crippen LogP) is 2.59. The largest absolute Gasteiger partial charge is 0.423 e. The average molecular weight is 331 g/mol. The van der Waals surface area contributed by atoms with Crippen LogP contribution in [0.5, 0.6) is 0 Å². The van der Waals surface area contributed by atoms with Gasteiger partial charge >= 0.3 is 6.18 Å². The third kappa shape index (κ3) is 4.06. The van der Waals surface area contributed by atoms with Crippen molar-refractivity contribution in [3.05, 3.63) is 23.5 Å². The highest BCUT2D eigenvalue weighted by Gasteiger charge is 2.34. The highest BCUT2D eigenvalue weighted by atomic mass is 19.4. The van der Waals surface area contributed by atoms with Gasteiger partial charge in [-0.1, -0.05) is 11.6 Å². The molecule has 1 saturated heterocycles. The third-order valence-electron chi connectivity index (χ3n) is 3.64. The lowest BCUT2D eigenvalue weighted by atomic mass is 10.0. The van der Waals surface area contributed by atoms with E-state index in [-0.39, 0.29) is 11.9 Å². The van der Waals surface area contributed by atoms with Crippen LogP contribution in [0.1, 0.15) is 48.8 Å². The van der Waals surface area contributed by atoms with Gasteiger partial charge in [-0.2, -0.15) is 18.2 Å². The van der Waals surface area contributed by atoms with Gasteiger partial charge in [0.15, 0.2) is 5.82 Å². The number of aryl methyl sites for hydroxylation is 1. The van der Waals surface area contributed by atoms with Gasteiger partial charge in [0.25, 0.3) is 0 Å². The van der Waals surface area contributed by atoms with Gasteiger partial charge in [-0.05, 0) is 26.3 Å². The summed E-state index contributed by atoms with van der Waals surface area (Å²) in [5.41, 5.74) is 0. The maximum atomic E-state index is 12.4. The Balaban J connectivity index is 1.73. The van der Waals surface area contributed by atoms with Crippen LogP contribution in [-0.4, -0.2) is 38.0 Å². The zero-order valence-electron chi connectivity index (χ0n) is 12.5. The van der Waals surface area contributed by atoms with Crippen molar-refractivity contribution in [2.45, 2.75) is 51.4 Å². The van der Waals surface area contributed by atoms with E-state index in [1.54, 1.807) is 6.92 Å². The van der Waals surface area contributed by atoms with Crippen molar-refractivity contribution in [3.8, 4) is 0 Å². The quantitative estimate of drug-likeness (QED) is 0.851. The van der Waals surface area contributed by atoms with Gasteiger partial charge < -0.3 is 8.94 Å². The molecule has 0 N–H and O–H groups in total. The van der Waals surface area contributed by atoms with Gasteiger partial charge in [0.2, 0.25) is 17.7 Å². The van der Waals surface area contributed by atoms with Crippen LogP contribution in [0.2, 0.25) is 0 Å². The summed E-state index contributed by atoms with van der Waals surface area (Å²) in [5, 5.41) is 11.0. The molecule has 10 heteroatoms. The second-order valence-electron chi connectivity index (χ2n) is 5.54. The van der Waals surface area contributed by atoms with E-state index < -0.39 is 18.5 Å². The Kier molecular flexibility index (Phi) is 4.33. The standard InChI is InChI=1S/C13H16F3N5O2/c1-8-17-11(23-20-8)7-21-5-3-2-4-9(21)12-19-18-10(22-12)6-13(14,15)16/h9H,2-7H2,1H3. The van der Waals surface area contributed by atoms with E-state index >= 15 is 0 Å². The molecule has 0 aliphatic carbocycles. The summed E-state index contributed by atoms with van der Waals surface area (Å²) in [6, 6.07) is -0.231. The summed E-state index contributed by atoms with van der Waals surface area (Å²) in [6.07, 6.45) is -2.91. The molecule has 1 aliphatic heterocycles. The summed E-state index contributed by atoms with van der Waals surface area (Å²) in [5.74, 6) is 0.801. The molecule has 0 saturated carbocycles. The van der Waals surface area contributed by atoms with Crippen LogP contribution in [0.25, 0.3) is 0 Å². The van der Waals surface area contributed by atoms with Gasteiger partial charge in [-0.3, -0.25) is 4.90 Å². The zero-order valence-corrected chi connectivity index (χ0v) is 12.5. The van der Waals surface area contributed by atoms with E-state index in [2.05, 4.69) is 20.3 Å². The molecule has 3 rings (SSSR count). The molecule has 23 heavy (non-hydrogen) atoms. The van der Waals surface area contributed by atoms with Gasteiger partial charge in [-0.25, -0.2) is 0 Å². The first-order chi connectivity index (χ1) is 10.9. The topological polar surface area (TPSA) is 81.1 Å². The van der Waals surface area contributed by atoms with Gasteiger partial charge in [0, 0.05) is 0 Å². The van der Waals surface area contributed by atoms with Crippen LogP contribution in [0.4, 0.5) is 13.2 Å². The van der Waals surface area contributed by atoms with Crippen molar-refractivity contribution in [1.29, 1.82) is 0 Å². The van der Waals surface area contributed by atoms with Crippen molar-refractivity contribution in [3.63, 3.8) is 0 Å². The van der Waals surface area contributed by atoms with Crippen molar-refractivity contribution >= 4 is 0 Å². The van der Waals surface area contributed by atoms with E-state index in [0.29, 0.717) is 18.3 Å². The normalized spacial score (nSPS) is 20.1. The van der Waals surface area contributed by atoms with Crippen LogP contribution >= 0.6 is 0 Å². The first kappa shape index (κ1) is 15.9. The molecule has 0 bridgehead atoms. The SMILES string of the molecule is Cc1noc(CN2CCCCC2c2nnc(CC(F)(F)F)o2)n1. The fourth-order valence-corrected chi connectivity index (χ4v) is 2.68. The number of aromatic nitrogens is 4. The lowest BCUT2D eigenvalue weighted by molar-refractivity contribution is -0.131. The summed E-state index contributed by atoms with van der Waals surface area (Å²) in [6.45, 7) is 2.88. The molecule has 126 valence electrons. The zero-order chi connectivity index (χ0) is 16.4. The Hall–Kier alpha value is -1.97. The summed E-state index contributed by atoms with van der Waals surface area (Å²) in [7, 11) is 0. The number of alkyl halides is 3. The number of hydrogen-bond donors (Lipinski definition) is 0. The Bertz CT molecular complexity index is 654. The second kappa shape index (κ2) is 6.26. The Morgan fingerprint density at radius 3 is 2.74 bits per heavy atom. The molecular formula is C13H16F3N5O2. The van der Waals surface area contributed by atoms with Gasteiger partial charge in [0.05, 0.1) is 12.6 Å². The molecule has 2 aromatic heterocycles. The van der Waals surface area contributed by atoms with E-state index in [9.17, 15) is 13.2 Å². The Labute approximate surface area is 129 Å². The molecular weight excluding hydrogens is 315 g/mol. The molecule has 1 aliphatic rings. The molecule has 0 amide bonds. The van der Waals surface area contributed by atoms with Crippen molar-refractivity contribution in [2.24, 2.45) is 0 Å². The lowest BCUT2D eigenvalue weighted by Gasteiger charge is -2.32. The number of rotatable bonds is 4. The maximum Gasteiger partial charge on any atom is 0.397 e. The Morgan fingerprint density at radius 2 is 2.04 bits per heavy atom. The molecule has 0 radical (unpaired) electrons. The van der Waals surface area contributed by atoms with E-state index in [4.69, 9.17) is 8.94 Å². The van der Waals surface area contributed by atoms with E-state index in [1.807, 2.05) is 4.90 Å². The number of likely N-dealkylation sites (tertiary alicyclic amines) is 1. The molecule has 3 heterocycles. The second-order valence-corrected chi connectivity index (χ2v) is 5.54. The third-order valence-corrected chi connectivity index (χ3v) is 3.64. The van der Waals surface area contributed by atoms with Crippen LogP contribution in [-0.2, 0) is 13.0 Å². The van der Waals surface area contributed by atoms with Crippen LogP contribution in [0.3, 0.4) is 0 Å². The first-order valence-corrected chi connectivity index (χ1v) is 7.33. The van der Waals surface area contributed by atoms with E-state index in [0.717, 1.165) is 25.8 Å². The van der Waals surface area contributed by atoms with Crippen molar-refractivity contribution < 1.29 is 22.1 Å². The number of nitrogens with zero attached hydrogens (tertiary/aromatic N) is 5. The van der Waals surface area contributed by atoms with Crippen molar-refractivity contribution in [1.82, 2.24) is 25.2 Å². The highest BCUT2D eigenvalue weighted by molar-refractivity contribution is 4.96. The minimum Gasteiger partial charge on any atom is -0.423 e. The summed E-state index contributed by atoms with van der Waals surface area (Å²) < 4.78 is 47.5. The predicted molar refractivity (Wildman–Crippen MR) is 70.1 cm³/mol. The van der Waals surface area contributed by atoms with Crippen LogP contribution in [0, 0.1) is 6.92 Å². The number of halogens is 3. The van der Waals surface area contributed by atoms with Crippen LogP contribution < -0.4 is 0 Å². The smallest absolute Gasteiger partial charge is 0.397 e. The molecule has 1 fully saturated rings. The molecule has 0 aromatic carbocycles. The Morgan fingerprint density at radius 1 is 1.22 bits per heavy atom. The monoisotopic (exact) mass is 331 g/mol.